The Morgan fingerprint density at radius 1 is 1.12 bits per heavy atom. The molecule has 3 N–H and O–H groups in total. The molecular formula is C15H25NO. The Morgan fingerprint density at radius 3 is 2.06 bits per heavy atom. The predicted molar refractivity (Wildman–Crippen MR) is 74.5 cm³/mol. The van der Waals surface area contributed by atoms with E-state index >= 15 is 0 Å². The van der Waals surface area contributed by atoms with Gasteiger partial charge in [-0.3, -0.25) is 0 Å². The fourth-order valence-electron chi connectivity index (χ4n) is 1.82. The summed E-state index contributed by atoms with van der Waals surface area (Å²) in [5, 5.41) is 10.1. The van der Waals surface area contributed by atoms with Crippen LogP contribution in [0.15, 0.2) is 12.1 Å². The molecule has 0 fully saturated rings. The summed E-state index contributed by atoms with van der Waals surface area (Å²) in [5.41, 5.74) is 8.51. The molecule has 2 heteroatoms. The van der Waals surface area contributed by atoms with Gasteiger partial charge in [-0.05, 0) is 28.9 Å². The zero-order valence-electron chi connectivity index (χ0n) is 11.9. The van der Waals surface area contributed by atoms with E-state index in [1.54, 1.807) is 0 Å². The second-order valence-electron chi connectivity index (χ2n) is 6.45. The van der Waals surface area contributed by atoms with Gasteiger partial charge < -0.3 is 10.8 Å². The molecule has 0 heterocycles. The van der Waals surface area contributed by atoms with Crippen LogP contribution in [-0.2, 0) is 10.8 Å². The Balaban J connectivity index is 3.45. The van der Waals surface area contributed by atoms with E-state index in [1.165, 1.54) is 5.56 Å². The van der Waals surface area contributed by atoms with Crippen molar-refractivity contribution in [1.82, 2.24) is 0 Å². The average Bonchev–Trinajstić information content (AvgIpc) is 2.19. The Hall–Kier alpha value is -1.18. The van der Waals surface area contributed by atoms with Gasteiger partial charge in [-0.1, -0.05) is 47.6 Å². The number of hydrogen-bond acceptors (Lipinski definition) is 2. The van der Waals surface area contributed by atoms with E-state index in [0.29, 0.717) is 5.69 Å². The number of nitrogen functional groups attached to an aromatic ring is 1. The van der Waals surface area contributed by atoms with Crippen molar-refractivity contribution < 1.29 is 5.11 Å². The summed E-state index contributed by atoms with van der Waals surface area (Å²) < 4.78 is 0. The van der Waals surface area contributed by atoms with Gasteiger partial charge in [0.2, 0.25) is 0 Å². The average molecular weight is 235 g/mol. The zero-order chi connectivity index (χ0) is 13.4. The fourth-order valence-corrected chi connectivity index (χ4v) is 1.82. The highest BCUT2D eigenvalue weighted by Crippen LogP contribution is 2.39. The molecule has 1 rings (SSSR count). The monoisotopic (exact) mass is 235 g/mol. The molecule has 0 amide bonds. The van der Waals surface area contributed by atoms with Crippen molar-refractivity contribution >= 4 is 5.69 Å². The molecule has 0 saturated heterocycles. The first kappa shape index (κ1) is 13.9. The van der Waals surface area contributed by atoms with Crippen LogP contribution in [-0.4, -0.2) is 5.11 Å². The maximum Gasteiger partial charge on any atom is 0.142 e. The topological polar surface area (TPSA) is 46.2 Å². The van der Waals surface area contributed by atoms with Crippen LogP contribution >= 0.6 is 0 Å². The van der Waals surface area contributed by atoms with Crippen molar-refractivity contribution in [3.63, 3.8) is 0 Å². The minimum absolute atomic E-state index is 0.0851. The lowest BCUT2D eigenvalue weighted by Crippen LogP contribution is -2.19. The molecule has 0 unspecified atom stereocenters. The van der Waals surface area contributed by atoms with Crippen LogP contribution in [0.5, 0.6) is 5.75 Å². The van der Waals surface area contributed by atoms with Crippen molar-refractivity contribution in [2.45, 2.75) is 58.8 Å². The third-order valence-corrected chi connectivity index (χ3v) is 3.61. The third-order valence-electron chi connectivity index (χ3n) is 3.61. The van der Waals surface area contributed by atoms with Crippen LogP contribution in [0.1, 0.15) is 59.1 Å². The van der Waals surface area contributed by atoms with Gasteiger partial charge in [-0.25, -0.2) is 0 Å². The van der Waals surface area contributed by atoms with E-state index in [0.717, 1.165) is 12.0 Å². The highest BCUT2D eigenvalue weighted by atomic mass is 16.3. The van der Waals surface area contributed by atoms with Crippen LogP contribution in [0, 0.1) is 0 Å². The maximum absolute atomic E-state index is 10.1. The van der Waals surface area contributed by atoms with E-state index < -0.39 is 0 Å². The van der Waals surface area contributed by atoms with Crippen molar-refractivity contribution in [3.05, 3.63) is 23.3 Å². The quantitative estimate of drug-likeness (QED) is 0.602. The Morgan fingerprint density at radius 2 is 1.65 bits per heavy atom. The molecular weight excluding hydrogens is 210 g/mol. The smallest absolute Gasteiger partial charge is 0.142 e. The van der Waals surface area contributed by atoms with Gasteiger partial charge in [0, 0.05) is 5.56 Å². The van der Waals surface area contributed by atoms with Crippen LogP contribution in [0.2, 0.25) is 0 Å². The largest absolute Gasteiger partial charge is 0.505 e. The number of nitrogens with two attached hydrogens (primary N) is 1. The zero-order valence-corrected chi connectivity index (χ0v) is 11.9. The molecule has 0 aliphatic heterocycles. The fraction of sp³-hybridized carbons (Fsp3) is 0.600. The molecule has 2 nitrogen and oxygen atoms in total. The first-order chi connectivity index (χ1) is 7.59. The summed E-state index contributed by atoms with van der Waals surface area (Å²) in [6.45, 7) is 12.8. The first-order valence-corrected chi connectivity index (χ1v) is 6.23. The second kappa shape index (κ2) is 4.25. The van der Waals surface area contributed by atoms with Gasteiger partial charge in [0.15, 0.2) is 0 Å². The summed E-state index contributed by atoms with van der Waals surface area (Å²) in [6, 6.07) is 3.99. The molecule has 96 valence electrons. The number of hydrogen-bond donors (Lipinski definition) is 2. The van der Waals surface area contributed by atoms with E-state index in [-0.39, 0.29) is 16.6 Å². The van der Waals surface area contributed by atoms with Gasteiger partial charge in [0.05, 0.1) is 5.69 Å². The van der Waals surface area contributed by atoms with Gasteiger partial charge >= 0.3 is 0 Å². The van der Waals surface area contributed by atoms with E-state index in [4.69, 9.17) is 5.73 Å². The second-order valence-corrected chi connectivity index (χ2v) is 6.45. The molecule has 0 spiro atoms. The van der Waals surface area contributed by atoms with Crippen molar-refractivity contribution in [2.24, 2.45) is 0 Å². The van der Waals surface area contributed by atoms with Gasteiger partial charge in [-0.2, -0.15) is 0 Å². The molecule has 17 heavy (non-hydrogen) atoms. The highest BCUT2D eigenvalue weighted by molar-refractivity contribution is 5.60. The summed E-state index contributed by atoms with van der Waals surface area (Å²) in [5.74, 6) is 0.230. The molecule has 0 aromatic heterocycles. The molecule has 0 saturated carbocycles. The van der Waals surface area contributed by atoms with E-state index in [9.17, 15) is 5.11 Å². The third kappa shape index (κ3) is 2.74. The molecule has 0 aliphatic carbocycles. The SMILES string of the molecule is CCC(C)(C)c1cc(N)c(O)c(C(C)(C)C)c1. The summed E-state index contributed by atoms with van der Waals surface area (Å²) in [4.78, 5) is 0. The Bertz CT molecular complexity index is 414. The number of anilines is 1. The molecule has 0 aliphatic rings. The van der Waals surface area contributed by atoms with Crippen molar-refractivity contribution in [1.29, 1.82) is 0 Å². The standard InChI is InChI=1S/C15H25NO/c1-7-15(5,6)10-8-11(14(2,3)4)13(17)12(16)9-10/h8-9,17H,7,16H2,1-6H3. The van der Waals surface area contributed by atoms with Crippen LogP contribution in [0.3, 0.4) is 0 Å². The number of benzene rings is 1. The molecule has 0 atom stereocenters. The van der Waals surface area contributed by atoms with E-state index in [1.807, 2.05) is 6.07 Å². The number of phenolic OH excluding ortho intramolecular Hbond substituents is 1. The van der Waals surface area contributed by atoms with Crippen molar-refractivity contribution in [3.8, 4) is 5.75 Å². The number of aromatic hydroxyl groups is 1. The normalized spacial score (nSPS) is 12.8. The Labute approximate surface area is 105 Å². The van der Waals surface area contributed by atoms with Gasteiger partial charge in [0.1, 0.15) is 5.75 Å². The number of rotatable bonds is 2. The summed E-state index contributed by atoms with van der Waals surface area (Å²) >= 11 is 0. The van der Waals surface area contributed by atoms with Gasteiger partial charge in [0.25, 0.3) is 0 Å². The molecule has 1 aromatic rings. The van der Waals surface area contributed by atoms with E-state index in [2.05, 4.69) is 47.6 Å². The lowest BCUT2D eigenvalue weighted by molar-refractivity contribution is 0.445. The lowest BCUT2D eigenvalue weighted by atomic mass is 9.77. The predicted octanol–water partition coefficient (Wildman–Crippen LogP) is 3.96. The van der Waals surface area contributed by atoms with Crippen LogP contribution < -0.4 is 5.73 Å². The number of phenols is 1. The summed E-state index contributed by atoms with van der Waals surface area (Å²) in [7, 11) is 0. The first-order valence-electron chi connectivity index (χ1n) is 6.23. The Kier molecular flexibility index (Phi) is 3.47. The van der Waals surface area contributed by atoms with Crippen molar-refractivity contribution in [2.75, 3.05) is 5.73 Å². The minimum atomic E-state index is -0.0992. The van der Waals surface area contributed by atoms with Crippen LogP contribution in [0.4, 0.5) is 5.69 Å². The molecule has 0 radical (unpaired) electrons. The maximum atomic E-state index is 10.1. The lowest BCUT2D eigenvalue weighted by Gasteiger charge is -2.28. The summed E-state index contributed by atoms with van der Waals surface area (Å²) in [6.07, 6.45) is 1.04. The van der Waals surface area contributed by atoms with Gasteiger partial charge in [-0.15, -0.1) is 0 Å². The minimum Gasteiger partial charge on any atom is -0.505 e. The molecule has 0 bridgehead atoms. The highest BCUT2D eigenvalue weighted by Gasteiger charge is 2.25. The molecule has 1 aromatic carbocycles. The van der Waals surface area contributed by atoms with Crippen LogP contribution in [0.25, 0.3) is 0 Å².